The second kappa shape index (κ2) is 7.91. The summed E-state index contributed by atoms with van der Waals surface area (Å²) in [7, 11) is 1.81. The van der Waals surface area contributed by atoms with Crippen molar-refractivity contribution in [2.45, 2.75) is 57.0 Å². The number of guanidine groups is 1. The summed E-state index contributed by atoms with van der Waals surface area (Å²) < 4.78 is 8.11. The van der Waals surface area contributed by atoms with Crippen molar-refractivity contribution in [2.75, 3.05) is 7.05 Å². The SMILES string of the molecule is CN=C(NCc1nccn1CCc1ccccc1)NC1CC2CCC1O2. The van der Waals surface area contributed by atoms with Gasteiger partial charge in [-0.25, -0.2) is 4.98 Å². The van der Waals surface area contributed by atoms with Crippen LogP contribution in [0.3, 0.4) is 0 Å². The minimum Gasteiger partial charge on any atom is -0.373 e. The smallest absolute Gasteiger partial charge is 0.191 e. The van der Waals surface area contributed by atoms with Crippen molar-refractivity contribution in [2.24, 2.45) is 4.99 Å². The van der Waals surface area contributed by atoms with Crippen LogP contribution in [0.25, 0.3) is 0 Å². The lowest BCUT2D eigenvalue weighted by molar-refractivity contribution is 0.0992. The molecule has 2 N–H and O–H groups in total. The molecule has 3 atom stereocenters. The fraction of sp³-hybridized carbons (Fsp3) is 0.500. The predicted octanol–water partition coefficient (Wildman–Crippen LogP) is 2.11. The molecule has 2 saturated heterocycles. The number of rotatable bonds is 6. The van der Waals surface area contributed by atoms with E-state index >= 15 is 0 Å². The molecule has 1 aromatic carbocycles. The van der Waals surface area contributed by atoms with Crippen LogP contribution in [0.2, 0.25) is 0 Å². The average Bonchev–Trinajstić information content (AvgIpc) is 3.41. The number of hydrogen-bond acceptors (Lipinski definition) is 3. The summed E-state index contributed by atoms with van der Waals surface area (Å²) in [6.07, 6.45) is 9.12. The fourth-order valence-corrected chi connectivity index (χ4v) is 3.93. The van der Waals surface area contributed by atoms with E-state index in [9.17, 15) is 0 Å². The normalized spacial score (nSPS) is 24.8. The van der Waals surface area contributed by atoms with Gasteiger partial charge in [0.2, 0.25) is 0 Å². The number of ether oxygens (including phenoxy) is 1. The third-order valence-electron chi connectivity index (χ3n) is 5.35. The van der Waals surface area contributed by atoms with Crippen LogP contribution in [0.1, 0.15) is 30.7 Å². The molecule has 0 aliphatic carbocycles. The zero-order valence-electron chi connectivity index (χ0n) is 15.3. The number of hydrogen-bond donors (Lipinski definition) is 2. The first-order chi connectivity index (χ1) is 12.8. The fourth-order valence-electron chi connectivity index (χ4n) is 3.93. The monoisotopic (exact) mass is 353 g/mol. The van der Waals surface area contributed by atoms with E-state index in [2.05, 4.69) is 55.5 Å². The van der Waals surface area contributed by atoms with Crippen molar-refractivity contribution in [1.29, 1.82) is 0 Å². The summed E-state index contributed by atoms with van der Waals surface area (Å²) in [4.78, 5) is 8.86. The molecule has 2 aromatic rings. The topological polar surface area (TPSA) is 63.5 Å². The van der Waals surface area contributed by atoms with E-state index in [4.69, 9.17) is 4.74 Å². The molecule has 2 fully saturated rings. The van der Waals surface area contributed by atoms with Crippen LogP contribution in [-0.2, 0) is 24.2 Å². The van der Waals surface area contributed by atoms with Crippen LogP contribution in [0.15, 0.2) is 47.7 Å². The van der Waals surface area contributed by atoms with Gasteiger partial charge in [-0.2, -0.15) is 0 Å². The quantitative estimate of drug-likeness (QED) is 0.617. The van der Waals surface area contributed by atoms with Gasteiger partial charge in [0.15, 0.2) is 5.96 Å². The van der Waals surface area contributed by atoms with Gasteiger partial charge in [0, 0.05) is 26.0 Å². The van der Waals surface area contributed by atoms with Crippen LogP contribution in [0.4, 0.5) is 0 Å². The number of aliphatic imine (C=N–C) groups is 1. The Morgan fingerprint density at radius 2 is 2.19 bits per heavy atom. The Kier molecular flexibility index (Phi) is 5.20. The summed E-state index contributed by atoms with van der Waals surface area (Å²) in [5.74, 6) is 1.84. The highest BCUT2D eigenvalue weighted by Gasteiger charge is 2.41. The molecule has 6 heteroatoms. The average molecular weight is 353 g/mol. The molecule has 6 nitrogen and oxygen atoms in total. The number of aryl methyl sites for hydroxylation is 2. The van der Waals surface area contributed by atoms with Crippen molar-refractivity contribution < 1.29 is 4.74 Å². The summed E-state index contributed by atoms with van der Waals surface area (Å²) in [6, 6.07) is 10.9. The van der Waals surface area contributed by atoms with Gasteiger partial charge in [-0.1, -0.05) is 30.3 Å². The molecule has 0 radical (unpaired) electrons. The second-order valence-corrected chi connectivity index (χ2v) is 7.06. The largest absolute Gasteiger partial charge is 0.373 e. The molecule has 0 amide bonds. The van der Waals surface area contributed by atoms with Gasteiger partial charge >= 0.3 is 0 Å². The zero-order valence-corrected chi connectivity index (χ0v) is 15.3. The van der Waals surface area contributed by atoms with Gasteiger partial charge in [0.1, 0.15) is 5.82 Å². The Bertz CT molecular complexity index is 742. The standard InChI is InChI=1S/C20H27N5O/c1-21-20(24-17-13-16-7-8-18(17)26-16)23-14-19-22-10-12-25(19)11-9-15-5-3-2-4-6-15/h2-6,10,12,16-18H,7-9,11,13-14H2,1H3,(H2,21,23,24). The Balaban J connectivity index is 1.29. The van der Waals surface area contributed by atoms with Crippen LogP contribution < -0.4 is 10.6 Å². The molecular weight excluding hydrogens is 326 g/mol. The van der Waals surface area contributed by atoms with Crippen LogP contribution in [0.5, 0.6) is 0 Å². The maximum absolute atomic E-state index is 5.91. The number of aromatic nitrogens is 2. The molecule has 26 heavy (non-hydrogen) atoms. The maximum Gasteiger partial charge on any atom is 0.191 e. The molecule has 3 unspecified atom stereocenters. The van der Waals surface area contributed by atoms with Crippen molar-refractivity contribution >= 4 is 5.96 Å². The van der Waals surface area contributed by atoms with Gasteiger partial charge in [-0.15, -0.1) is 0 Å². The molecule has 2 aliphatic heterocycles. The number of nitrogens with zero attached hydrogens (tertiary/aromatic N) is 3. The van der Waals surface area contributed by atoms with E-state index in [1.165, 1.54) is 12.0 Å². The number of benzene rings is 1. The van der Waals surface area contributed by atoms with Gasteiger partial charge in [-0.3, -0.25) is 4.99 Å². The van der Waals surface area contributed by atoms with Crippen molar-refractivity contribution in [3.8, 4) is 0 Å². The zero-order chi connectivity index (χ0) is 17.8. The molecule has 2 aliphatic rings. The number of nitrogens with one attached hydrogen (secondary N) is 2. The molecule has 4 rings (SSSR count). The van der Waals surface area contributed by atoms with E-state index in [1.807, 2.05) is 19.4 Å². The maximum atomic E-state index is 5.91. The molecule has 0 spiro atoms. The van der Waals surface area contributed by atoms with Gasteiger partial charge in [-0.05, 0) is 31.2 Å². The highest BCUT2D eigenvalue weighted by Crippen LogP contribution is 2.34. The highest BCUT2D eigenvalue weighted by molar-refractivity contribution is 5.80. The summed E-state index contributed by atoms with van der Waals surface area (Å²) in [6.45, 7) is 1.58. The highest BCUT2D eigenvalue weighted by atomic mass is 16.5. The van der Waals surface area contributed by atoms with Gasteiger partial charge < -0.3 is 19.9 Å². The summed E-state index contributed by atoms with van der Waals surface area (Å²) >= 11 is 0. The number of fused-ring (bicyclic) bond motifs is 2. The first-order valence-corrected chi connectivity index (χ1v) is 9.48. The molecule has 138 valence electrons. The van der Waals surface area contributed by atoms with Crippen LogP contribution in [0, 0.1) is 0 Å². The Hall–Kier alpha value is -2.34. The lowest BCUT2D eigenvalue weighted by atomic mass is 9.96. The van der Waals surface area contributed by atoms with E-state index in [0.717, 1.165) is 37.6 Å². The van der Waals surface area contributed by atoms with Crippen molar-refractivity contribution in [3.63, 3.8) is 0 Å². The summed E-state index contributed by atoms with van der Waals surface area (Å²) in [5, 5.41) is 6.91. The van der Waals surface area contributed by atoms with Crippen molar-refractivity contribution in [1.82, 2.24) is 20.2 Å². The summed E-state index contributed by atoms with van der Waals surface area (Å²) in [5.41, 5.74) is 1.34. The third-order valence-corrected chi connectivity index (χ3v) is 5.35. The first kappa shape index (κ1) is 17.1. The molecule has 2 bridgehead atoms. The predicted molar refractivity (Wildman–Crippen MR) is 102 cm³/mol. The third kappa shape index (κ3) is 3.90. The van der Waals surface area contributed by atoms with Crippen molar-refractivity contribution in [3.05, 3.63) is 54.1 Å². The van der Waals surface area contributed by atoms with Gasteiger partial charge in [0.05, 0.1) is 24.8 Å². The number of imidazole rings is 1. The van der Waals surface area contributed by atoms with E-state index in [1.54, 1.807) is 0 Å². The van der Waals surface area contributed by atoms with Crippen LogP contribution >= 0.6 is 0 Å². The first-order valence-electron chi connectivity index (χ1n) is 9.48. The van der Waals surface area contributed by atoms with Gasteiger partial charge in [0.25, 0.3) is 0 Å². The van der Waals surface area contributed by atoms with E-state index in [-0.39, 0.29) is 0 Å². The Labute approximate surface area is 154 Å². The van der Waals surface area contributed by atoms with Crippen LogP contribution in [-0.4, -0.2) is 40.8 Å². The lowest BCUT2D eigenvalue weighted by Crippen LogP contribution is -2.47. The molecular formula is C20H27N5O. The van der Waals surface area contributed by atoms with E-state index in [0.29, 0.717) is 24.8 Å². The Morgan fingerprint density at radius 1 is 1.31 bits per heavy atom. The molecule has 3 heterocycles. The Morgan fingerprint density at radius 3 is 2.92 bits per heavy atom. The molecule has 1 aromatic heterocycles. The lowest BCUT2D eigenvalue weighted by Gasteiger charge is -2.22. The minimum absolute atomic E-state index is 0.339. The minimum atomic E-state index is 0.339. The van der Waals surface area contributed by atoms with E-state index < -0.39 is 0 Å². The second-order valence-electron chi connectivity index (χ2n) is 7.06. The molecule has 0 saturated carbocycles.